The minimum atomic E-state index is -1.97. The zero-order valence-corrected chi connectivity index (χ0v) is 19.0. The molecule has 0 saturated heterocycles. The monoisotopic (exact) mass is 461 g/mol. The third-order valence-corrected chi connectivity index (χ3v) is 6.11. The van der Waals surface area contributed by atoms with Gasteiger partial charge in [0, 0.05) is 38.1 Å². The van der Waals surface area contributed by atoms with Crippen LogP contribution < -0.4 is 5.32 Å². The molecule has 0 saturated carbocycles. The third kappa shape index (κ3) is 4.53. The smallest absolute Gasteiger partial charge is 0.305 e. The number of hydrogen-bond acceptors (Lipinski definition) is 7. The van der Waals surface area contributed by atoms with Crippen LogP contribution >= 0.6 is 0 Å². The van der Waals surface area contributed by atoms with Gasteiger partial charge in [0.2, 0.25) is 11.4 Å². The van der Waals surface area contributed by atoms with Gasteiger partial charge in [0.05, 0.1) is 18.2 Å². The van der Waals surface area contributed by atoms with Crippen molar-refractivity contribution in [2.45, 2.75) is 44.1 Å². The van der Waals surface area contributed by atoms with Crippen LogP contribution in [0.3, 0.4) is 0 Å². The molecule has 1 amide bonds. The summed E-state index contributed by atoms with van der Waals surface area (Å²) in [5.74, 6) is -4.22. The summed E-state index contributed by atoms with van der Waals surface area (Å²) in [7, 11) is 2.36. The van der Waals surface area contributed by atoms with Gasteiger partial charge in [-0.15, -0.1) is 0 Å². The van der Waals surface area contributed by atoms with Crippen molar-refractivity contribution in [1.29, 1.82) is 0 Å². The van der Waals surface area contributed by atoms with Gasteiger partial charge in [0.25, 0.3) is 5.91 Å². The van der Waals surface area contributed by atoms with E-state index in [-0.39, 0.29) is 12.3 Å². The number of halogens is 1. The SMILES string of the molecule is COC(CF)(OC)[C@H](CC(=O)O)NC(=O)[C@]1(C(C)C)CC(c2nccc3ccccc23)=NO1. The number of nitrogens with one attached hydrogen (secondary N) is 1. The number of methoxy groups -OCH3 is 2. The number of carbonyl (C=O) groups excluding carboxylic acids is 1. The number of oxime groups is 1. The van der Waals surface area contributed by atoms with Crippen molar-refractivity contribution in [2.24, 2.45) is 11.1 Å². The molecule has 33 heavy (non-hydrogen) atoms. The number of aliphatic carboxylic acids is 1. The van der Waals surface area contributed by atoms with Gasteiger partial charge in [0.15, 0.2) is 0 Å². The second-order valence-electron chi connectivity index (χ2n) is 8.21. The summed E-state index contributed by atoms with van der Waals surface area (Å²) >= 11 is 0. The summed E-state index contributed by atoms with van der Waals surface area (Å²) in [5, 5.41) is 17.9. The number of nitrogens with zero attached hydrogens (tertiary/aromatic N) is 2. The van der Waals surface area contributed by atoms with Crippen molar-refractivity contribution in [2.75, 3.05) is 20.9 Å². The number of alkyl halides is 1. The highest BCUT2D eigenvalue weighted by atomic mass is 19.1. The number of ether oxygens (including phenoxy) is 2. The number of aromatic nitrogens is 1. The maximum absolute atomic E-state index is 13.9. The standard InChI is InChI=1S/C23H28FN3O6/c1-14(2)22(21(30)26-18(11-19(28)29)23(13-24,31-3)32-4)12-17(27-33-22)20-16-8-6-5-7-15(16)9-10-25-20/h5-10,14,18H,11-13H2,1-4H3,(H,26,30)(H,28,29)/t18-,22+/m0/s1. The second kappa shape index (κ2) is 9.80. The number of hydrogen-bond donors (Lipinski definition) is 2. The van der Waals surface area contributed by atoms with Crippen molar-refractivity contribution < 1.29 is 33.4 Å². The van der Waals surface area contributed by atoms with Crippen molar-refractivity contribution in [3.63, 3.8) is 0 Å². The molecule has 0 aliphatic carbocycles. The van der Waals surface area contributed by atoms with E-state index < -0.39 is 42.4 Å². The number of pyridine rings is 1. The Morgan fingerprint density at radius 2 is 1.97 bits per heavy atom. The number of rotatable bonds is 10. The molecule has 2 heterocycles. The molecule has 9 nitrogen and oxygen atoms in total. The lowest BCUT2D eigenvalue weighted by atomic mass is 9.83. The Balaban J connectivity index is 1.92. The molecule has 2 atom stereocenters. The van der Waals surface area contributed by atoms with Gasteiger partial charge in [-0.2, -0.15) is 0 Å². The highest BCUT2D eigenvalue weighted by molar-refractivity contribution is 6.11. The first-order valence-electron chi connectivity index (χ1n) is 10.5. The molecule has 0 fully saturated rings. The fraction of sp³-hybridized carbons (Fsp3) is 0.478. The van der Waals surface area contributed by atoms with Crippen LogP contribution in [0.2, 0.25) is 0 Å². The zero-order valence-electron chi connectivity index (χ0n) is 19.0. The first-order chi connectivity index (χ1) is 15.7. The van der Waals surface area contributed by atoms with Crippen molar-refractivity contribution >= 4 is 28.4 Å². The Bertz CT molecular complexity index is 1040. The third-order valence-electron chi connectivity index (χ3n) is 6.11. The first-order valence-corrected chi connectivity index (χ1v) is 10.5. The lowest BCUT2D eigenvalue weighted by molar-refractivity contribution is -0.236. The Morgan fingerprint density at radius 3 is 2.58 bits per heavy atom. The highest BCUT2D eigenvalue weighted by Gasteiger charge is 2.52. The molecule has 2 N–H and O–H groups in total. The number of carboxylic acids is 1. The maximum atomic E-state index is 13.9. The van der Waals surface area contributed by atoms with Crippen LogP contribution in [0, 0.1) is 5.92 Å². The van der Waals surface area contributed by atoms with E-state index in [4.69, 9.17) is 14.3 Å². The van der Waals surface area contributed by atoms with Gasteiger partial charge < -0.3 is 24.7 Å². The number of carboxylic acid groups (broad SMARTS) is 1. The lowest BCUT2D eigenvalue weighted by Crippen LogP contribution is -2.62. The van der Waals surface area contributed by atoms with E-state index in [0.29, 0.717) is 11.4 Å². The summed E-state index contributed by atoms with van der Waals surface area (Å²) in [6.07, 6.45) is 1.13. The Hall–Kier alpha value is -3.11. The number of fused-ring (bicyclic) bond motifs is 1. The van der Waals surface area contributed by atoms with E-state index in [2.05, 4.69) is 15.5 Å². The average Bonchev–Trinajstić information content (AvgIpc) is 3.27. The molecular weight excluding hydrogens is 433 g/mol. The van der Waals surface area contributed by atoms with Crippen molar-refractivity contribution in [3.8, 4) is 0 Å². The summed E-state index contributed by atoms with van der Waals surface area (Å²) in [6, 6.07) is 8.21. The largest absolute Gasteiger partial charge is 0.481 e. The molecule has 1 aromatic carbocycles. The van der Waals surface area contributed by atoms with Gasteiger partial charge in [-0.05, 0) is 11.5 Å². The van der Waals surface area contributed by atoms with E-state index in [0.717, 1.165) is 10.8 Å². The maximum Gasteiger partial charge on any atom is 0.305 e. The quantitative estimate of drug-likeness (QED) is 0.522. The molecule has 0 radical (unpaired) electrons. The van der Waals surface area contributed by atoms with Crippen LogP contribution in [0.1, 0.15) is 32.4 Å². The molecule has 2 aromatic rings. The highest BCUT2D eigenvalue weighted by Crippen LogP contribution is 2.35. The minimum Gasteiger partial charge on any atom is -0.481 e. The van der Waals surface area contributed by atoms with E-state index in [9.17, 15) is 19.1 Å². The minimum absolute atomic E-state index is 0.0971. The molecule has 3 rings (SSSR count). The van der Waals surface area contributed by atoms with Crippen LogP contribution in [0.5, 0.6) is 0 Å². The predicted octanol–water partition coefficient (Wildman–Crippen LogP) is 2.67. The molecular formula is C23H28FN3O6. The summed E-state index contributed by atoms with van der Waals surface area (Å²) in [5.41, 5.74) is -0.369. The van der Waals surface area contributed by atoms with Crippen LogP contribution in [-0.4, -0.2) is 66.0 Å². The van der Waals surface area contributed by atoms with Crippen LogP contribution in [0.25, 0.3) is 10.8 Å². The summed E-state index contributed by atoms with van der Waals surface area (Å²) in [4.78, 5) is 35.1. The zero-order chi connectivity index (χ0) is 24.2. The topological polar surface area (TPSA) is 119 Å². The fourth-order valence-corrected chi connectivity index (χ4v) is 3.96. The first kappa shape index (κ1) is 24.5. The van der Waals surface area contributed by atoms with Crippen LogP contribution in [0.15, 0.2) is 41.7 Å². The van der Waals surface area contributed by atoms with Gasteiger partial charge in [-0.25, -0.2) is 4.39 Å². The van der Waals surface area contributed by atoms with E-state index in [1.165, 1.54) is 14.2 Å². The van der Waals surface area contributed by atoms with Crippen molar-refractivity contribution in [1.82, 2.24) is 10.3 Å². The Kier molecular flexibility index (Phi) is 7.28. The molecule has 1 aromatic heterocycles. The molecule has 178 valence electrons. The van der Waals surface area contributed by atoms with E-state index >= 15 is 0 Å². The number of benzene rings is 1. The van der Waals surface area contributed by atoms with Crippen molar-refractivity contribution in [3.05, 3.63) is 42.2 Å². The average molecular weight is 461 g/mol. The molecule has 0 spiro atoms. The van der Waals surface area contributed by atoms with Gasteiger partial charge in [-0.3, -0.25) is 14.6 Å². The molecule has 1 aliphatic rings. The Labute approximate surface area is 190 Å². The number of carbonyl (C=O) groups is 2. The molecule has 10 heteroatoms. The predicted molar refractivity (Wildman–Crippen MR) is 118 cm³/mol. The van der Waals surface area contributed by atoms with E-state index in [1.54, 1.807) is 20.0 Å². The molecule has 0 bridgehead atoms. The Morgan fingerprint density at radius 1 is 1.27 bits per heavy atom. The normalized spacial score (nSPS) is 19.3. The van der Waals surface area contributed by atoms with Crippen LogP contribution in [-0.2, 0) is 23.9 Å². The fourth-order valence-electron chi connectivity index (χ4n) is 3.96. The van der Waals surface area contributed by atoms with Gasteiger partial charge in [0.1, 0.15) is 12.4 Å². The van der Waals surface area contributed by atoms with E-state index in [1.807, 2.05) is 30.3 Å². The number of amides is 1. The van der Waals surface area contributed by atoms with Gasteiger partial charge >= 0.3 is 5.97 Å². The summed E-state index contributed by atoms with van der Waals surface area (Å²) in [6.45, 7) is 2.40. The molecule has 1 aliphatic heterocycles. The van der Waals surface area contributed by atoms with Crippen LogP contribution in [0.4, 0.5) is 4.39 Å². The summed E-state index contributed by atoms with van der Waals surface area (Å²) < 4.78 is 24.2. The second-order valence-corrected chi connectivity index (χ2v) is 8.21. The lowest BCUT2D eigenvalue weighted by Gasteiger charge is -2.38. The molecule has 0 unspecified atom stereocenters. The van der Waals surface area contributed by atoms with Gasteiger partial charge in [-0.1, -0.05) is 43.3 Å².